The summed E-state index contributed by atoms with van der Waals surface area (Å²) in [5.41, 5.74) is 0. The molecule has 1 aliphatic rings. The summed E-state index contributed by atoms with van der Waals surface area (Å²) in [6.45, 7) is 7.88. The number of methoxy groups -OCH3 is 1. The highest BCUT2D eigenvalue weighted by atomic mass is 16.6. The van der Waals surface area contributed by atoms with Gasteiger partial charge in [-0.15, -0.1) is 6.58 Å². The van der Waals surface area contributed by atoms with E-state index in [9.17, 15) is 24.0 Å². The molecule has 0 aromatic heterocycles. The van der Waals surface area contributed by atoms with Crippen molar-refractivity contribution >= 4 is 29.8 Å². The summed E-state index contributed by atoms with van der Waals surface area (Å²) in [6.07, 6.45) is -1.04. The van der Waals surface area contributed by atoms with Gasteiger partial charge in [-0.05, 0) is 6.08 Å². The van der Waals surface area contributed by atoms with E-state index in [1.807, 2.05) is 0 Å². The van der Waals surface area contributed by atoms with Crippen molar-refractivity contribution in [3.63, 3.8) is 0 Å². The van der Waals surface area contributed by atoms with E-state index in [1.54, 1.807) is 0 Å². The molecule has 0 aromatic rings. The molecule has 0 saturated carbocycles. The maximum Gasteiger partial charge on any atom is 0.373 e. The zero-order valence-corrected chi connectivity index (χ0v) is 18.0. The molecular formula is C20H27NO10. The summed E-state index contributed by atoms with van der Waals surface area (Å²) in [7, 11) is 1.15. The number of hydrogen-bond acceptors (Lipinski definition) is 10. The number of ether oxygens (including phenoxy) is 5. The van der Waals surface area contributed by atoms with Crippen molar-refractivity contribution in [2.75, 3.05) is 13.7 Å². The molecule has 0 aromatic carbocycles. The van der Waals surface area contributed by atoms with Crippen molar-refractivity contribution in [2.24, 2.45) is 5.92 Å². The molecule has 11 nitrogen and oxygen atoms in total. The topological polar surface area (TPSA) is 144 Å². The lowest BCUT2D eigenvalue weighted by atomic mass is 9.87. The van der Waals surface area contributed by atoms with Crippen LogP contribution in [0.3, 0.4) is 0 Å². The van der Waals surface area contributed by atoms with Crippen LogP contribution in [0.25, 0.3) is 0 Å². The average molecular weight is 441 g/mol. The zero-order valence-electron chi connectivity index (χ0n) is 18.0. The summed E-state index contributed by atoms with van der Waals surface area (Å²) < 4.78 is 25.9. The summed E-state index contributed by atoms with van der Waals surface area (Å²) in [5, 5.41) is 2.67. The molecule has 5 atom stereocenters. The second-order valence-corrected chi connectivity index (χ2v) is 6.67. The molecular weight excluding hydrogens is 414 g/mol. The first-order chi connectivity index (χ1) is 14.5. The average Bonchev–Trinajstić information content (AvgIpc) is 2.68. The van der Waals surface area contributed by atoms with Crippen LogP contribution < -0.4 is 5.32 Å². The Morgan fingerprint density at radius 2 is 1.71 bits per heavy atom. The van der Waals surface area contributed by atoms with Crippen molar-refractivity contribution in [1.29, 1.82) is 0 Å². The first kappa shape index (κ1) is 25.7. The van der Waals surface area contributed by atoms with Gasteiger partial charge in [0.15, 0.2) is 18.3 Å². The van der Waals surface area contributed by atoms with E-state index in [1.165, 1.54) is 19.1 Å². The van der Waals surface area contributed by atoms with Crippen molar-refractivity contribution in [2.45, 2.75) is 52.0 Å². The number of carbonyl (C=O) groups excluding carboxylic acids is 5. The van der Waals surface area contributed by atoms with Crippen LogP contribution in [0.2, 0.25) is 0 Å². The van der Waals surface area contributed by atoms with Crippen LogP contribution in [-0.2, 0) is 47.7 Å². The van der Waals surface area contributed by atoms with Crippen molar-refractivity contribution in [3.05, 3.63) is 24.5 Å². The Morgan fingerprint density at radius 1 is 1.10 bits per heavy atom. The molecule has 0 saturated heterocycles. The van der Waals surface area contributed by atoms with Gasteiger partial charge in [-0.1, -0.05) is 6.08 Å². The SMILES string of the molecule is C=C[C@H]1C=C(C(=O)OC)O[C@@H]([C@H](OC(C)=O)[C@@H](COC(C)=O)OC(C)=O)[C@@H]1NC(C)=O. The van der Waals surface area contributed by atoms with E-state index in [2.05, 4.69) is 11.9 Å². The minimum Gasteiger partial charge on any atom is -0.477 e. The lowest BCUT2D eigenvalue weighted by Crippen LogP contribution is -2.59. The molecule has 1 aliphatic heterocycles. The van der Waals surface area contributed by atoms with Gasteiger partial charge in [0.05, 0.1) is 13.2 Å². The molecule has 1 N–H and O–H groups in total. The Balaban J connectivity index is 3.50. The molecule has 1 amide bonds. The summed E-state index contributed by atoms with van der Waals surface area (Å²) >= 11 is 0. The highest BCUT2D eigenvalue weighted by Gasteiger charge is 2.47. The van der Waals surface area contributed by atoms with Gasteiger partial charge >= 0.3 is 23.9 Å². The molecule has 0 unspecified atom stereocenters. The lowest BCUT2D eigenvalue weighted by Gasteiger charge is -2.41. The van der Waals surface area contributed by atoms with E-state index in [0.29, 0.717) is 0 Å². The second kappa shape index (κ2) is 11.7. The first-order valence-electron chi connectivity index (χ1n) is 9.34. The Hall–Kier alpha value is -3.37. The molecule has 0 radical (unpaired) electrons. The maximum atomic E-state index is 12.1. The van der Waals surface area contributed by atoms with Crippen molar-refractivity contribution in [3.8, 4) is 0 Å². The zero-order chi connectivity index (χ0) is 23.7. The number of rotatable bonds is 9. The largest absolute Gasteiger partial charge is 0.477 e. The fraction of sp³-hybridized carbons (Fsp3) is 0.550. The fourth-order valence-corrected chi connectivity index (χ4v) is 3.03. The number of nitrogens with one attached hydrogen (secondary N) is 1. The monoisotopic (exact) mass is 441 g/mol. The molecule has 0 fully saturated rings. The normalized spacial score (nSPS) is 21.8. The predicted molar refractivity (Wildman–Crippen MR) is 104 cm³/mol. The first-order valence-corrected chi connectivity index (χ1v) is 9.34. The van der Waals surface area contributed by atoms with Crippen molar-refractivity contribution in [1.82, 2.24) is 5.32 Å². The Morgan fingerprint density at radius 3 is 2.16 bits per heavy atom. The Kier molecular flexibility index (Phi) is 9.71. The number of hydrogen-bond donors (Lipinski definition) is 1. The van der Waals surface area contributed by atoms with Crippen LogP contribution in [0.5, 0.6) is 0 Å². The summed E-state index contributed by atoms with van der Waals surface area (Å²) in [5.74, 6) is -4.29. The minimum absolute atomic E-state index is 0.217. The molecule has 0 spiro atoms. The number of esters is 4. The number of carbonyl (C=O) groups is 5. The highest BCUT2D eigenvalue weighted by molar-refractivity contribution is 5.86. The van der Waals surface area contributed by atoms with Crippen LogP contribution in [-0.4, -0.2) is 67.9 Å². The third kappa shape index (κ3) is 7.76. The Bertz CT molecular complexity index is 759. The quantitative estimate of drug-likeness (QED) is 0.299. The predicted octanol–water partition coefficient (Wildman–Crippen LogP) is 0.176. The van der Waals surface area contributed by atoms with Gasteiger partial charge in [-0.25, -0.2) is 4.79 Å². The van der Waals surface area contributed by atoms with Crippen LogP contribution in [0.1, 0.15) is 27.7 Å². The van der Waals surface area contributed by atoms with Crippen LogP contribution in [0.4, 0.5) is 0 Å². The smallest absolute Gasteiger partial charge is 0.373 e. The van der Waals surface area contributed by atoms with E-state index in [0.717, 1.165) is 27.9 Å². The van der Waals surface area contributed by atoms with Gasteiger partial charge in [0, 0.05) is 33.6 Å². The molecule has 1 heterocycles. The summed E-state index contributed by atoms with van der Waals surface area (Å²) in [4.78, 5) is 58.7. The fourth-order valence-electron chi connectivity index (χ4n) is 3.03. The van der Waals surface area contributed by atoms with Gasteiger partial charge in [-0.3, -0.25) is 19.2 Å². The van der Waals surface area contributed by atoms with E-state index >= 15 is 0 Å². The van der Waals surface area contributed by atoms with Crippen LogP contribution in [0, 0.1) is 5.92 Å². The van der Waals surface area contributed by atoms with Crippen molar-refractivity contribution < 1.29 is 47.7 Å². The van der Waals surface area contributed by atoms with E-state index in [-0.39, 0.29) is 5.76 Å². The van der Waals surface area contributed by atoms with Gasteiger partial charge in [0.1, 0.15) is 6.61 Å². The van der Waals surface area contributed by atoms with E-state index in [4.69, 9.17) is 23.7 Å². The summed E-state index contributed by atoms with van der Waals surface area (Å²) in [6, 6.07) is -0.872. The van der Waals surface area contributed by atoms with Gasteiger partial charge in [-0.2, -0.15) is 0 Å². The van der Waals surface area contributed by atoms with Gasteiger partial charge < -0.3 is 29.0 Å². The molecule has 0 bridgehead atoms. The lowest BCUT2D eigenvalue weighted by molar-refractivity contribution is -0.188. The maximum absolute atomic E-state index is 12.1. The minimum atomic E-state index is -1.37. The standard InChI is InChI=1S/C20H27NO10/c1-7-14-8-15(20(26)27-6)31-19(17(14)21-10(2)22)18(30-13(5)25)16(29-12(4)24)9-28-11(3)23/h7-8,14,16-19H,1,9H2,2-6H3,(H,21,22)/t14-,16+,17+,18+,19+/m0/s1. The third-order valence-corrected chi connectivity index (χ3v) is 4.16. The van der Waals surface area contributed by atoms with Crippen LogP contribution in [0.15, 0.2) is 24.5 Å². The van der Waals surface area contributed by atoms with Gasteiger partial charge in [0.25, 0.3) is 0 Å². The highest BCUT2D eigenvalue weighted by Crippen LogP contribution is 2.30. The molecule has 31 heavy (non-hydrogen) atoms. The number of amides is 1. The van der Waals surface area contributed by atoms with Crippen LogP contribution >= 0.6 is 0 Å². The molecule has 0 aliphatic carbocycles. The molecule has 11 heteroatoms. The molecule has 1 rings (SSSR count). The second-order valence-electron chi connectivity index (χ2n) is 6.67. The van der Waals surface area contributed by atoms with E-state index < -0.39 is 66.7 Å². The molecule has 172 valence electrons. The Labute approximate surface area is 179 Å². The van der Waals surface area contributed by atoms with Gasteiger partial charge in [0.2, 0.25) is 11.7 Å². The third-order valence-electron chi connectivity index (χ3n) is 4.16.